The van der Waals surface area contributed by atoms with Crippen LogP contribution in [0.5, 0.6) is 5.88 Å². The molecule has 8 heteroatoms. The molecule has 3 heterocycles. The number of likely N-dealkylation sites (tertiary alicyclic amines) is 1. The number of nitrogens with zero attached hydrogens (tertiary/aromatic N) is 5. The number of methoxy groups -OCH3 is 1. The molecule has 0 bridgehead atoms. The molecule has 0 amide bonds. The second kappa shape index (κ2) is 7.39. The summed E-state index contributed by atoms with van der Waals surface area (Å²) >= 11 is 0. The number of aromatic nitrogens is 4. The summed E-state index contributed by atoms with van der Waals surface area (Å²) in [7, 11) is 3.34. The Hall–Kier alpha value is -2.48. The SMILES string of the molecule is COc1cc(NC2CCN(Cc3nccn(C)c3=O)CC2)ncn1. The molecule has 128 valence electrons. The first-order valence-corrected chi connectivity index (χ1v) is 8.01. The number of ether oxygens (including phenoxy) is 1. The van der Waals surface area contributed by atoms with E-state index in [1.807, 2.05) is 0 Å². The lowest BCUT2D eigenvalue weighted by Gasteiger charge is -2.32. The van der Waals surface area contributed by atoms with Gasteiger partial charge in [0, 0.05) is 51.2 Å². The van der Waals surface area contributed by atoms with E-state index in [-0.39, 0.29) is 5.56 Å². The van der Waals surface area contributed by atoms with Gasteiger partial charge in [0.1, 0.15) is 17.8 Å². The fraction of sp³-hybridized carbons (Fsp3) is 0.500. The van der Waals surface area contributed by atoms with Gasteiger partial charge < -0.3 is 14.6 Å². The molecule has 0 spiro atoms. The van der Waals surface area contributed by atoms with Crippen LogP contribution in [-0.2, 0) is 13.6 Å². The number of piperidine rings is 1. The summed E-state index contributed by atoms with van der Waals surface area (Å²) in [6.07, 6.45) is 6.82. The van der Waals surface area contributed by atoms with Gasteiger partial charge in [0.05, 0.1) is 7.11 Å². The van der Waals surface area contributed by atoms with Gasteiger partial charge in [-0.3, -0.25) is 14.7 Å². The largest absolute Gasteiger partial charge is 0.481 e. The molecule has 1 aliphatic rings. The van der Waals surface area contributed by atoms with Crippen LogP contribution in [0.2, 0.25) is 0 Å². The molecule has 0 unspecified atom stereocenters. The van der Waals surface area contributed by atoms with E-state index in [2.05, 4.69) is 25.2 Å². The maximum Gasteiger partial charge on any atom is 0.273 e. The minimum Gasteiger partial charge on any atom is -0.481 e. The third-order valence-electron chi connectivity index (χ3n) is 4.25. The fourth-order valence-electron chi connectivity index (χ4n) is 2.84. The van der Waals surface area contributed by atoms with Crippen LogP contribution in [0.3, 0.4) is 0 Å². The first kappa shape index (κ1) is 16.4. The maximum absolute atomic E-state index is 12.0. The van der Waals surface area contributed by atoms with Gasteiger partial charge >= 0.3 is 0 Å². The number of rotatable bonds is 5. The fourth-order valence-corrected chi connectivity index (χ4v) is 2.84. The lowest BCUT2D eigenvalue weighted by Crippen LogP contribution is -2.40. The summed E-state index contributed by atoms with van der Waals surface area (Å²) in [6.45, 7) is 2.43. The van der Waals surface area contributed by atoms with Gasteiger partial charge in [-0.25, -0.2) is 9.97 Å². The minimum absolute atomic E-state index is 0.0224. The van der Waals surface area contributed by atoms with E-state index in [0.717, 1.165) is 31.7 Å². The minimum atomic E-state index is -0.0224. The number of hydrogen-bond acceptors (Lipinski definition) is 7. The Morgan fingerprint density at radius 1 is 1.29 bits per heavy atom. The molecule has 1 saturated heterocycles. The molecule has 8 nitrogen and oxygen atoms in total. The average molecular weight is 330 g/mol. The highest BCUT2D eigenvalue weighted by atomic mass is 16.5. The van der Waals surface area contributed by atoms with E-state index < -0.39 is 0 Å². The van der Waals surface area contributed by atoms with Crippen molar-refractivity contribution < 1.29 is 4.74 Å². The van der Waals surface area contributed by atoms with Gasteiger partial charge in [-0.05, 0) is 12.8 Å². The van der Waals surface area contributed by atoms with E-state index in [4.69, 9.17) is 4.74 Å². The summed E-state index contributed by atoms with van der Waals surface area (Å²) in [5.41, 5.74) is 0.581. The second-order valence-corrected chi connectivity index (χ2v) is 5.93. The molecule has 0 saturated carbocycles. The molecular formula is C16H22N6O2. The lowest BCUT2D eigenvalue weighted by molar-refractivity contribution is 0.208. The molecule has 0 aromatic carbocycles. The Morgan fingerprint density at radius 2 is 2.08 bits per heavy atom. The highest BCUT2D eigenvalue weighted by molar-refractivity contribution is 5.38. The van der Waals surface area contributed by atoms with E-state index in [1.165, 1.54) is 6.33 Å². The van der Waals surface area contributed by atoms with Crippen LogP contribution in [-0.4, -0.2) is 50.7 Å². The van der Waals surface area contributed by atoms with E-state index >= 15 is 0 Å². The molecular weight excluding hydrogens is 308 g/mol. The normalized spacial score (nSPS) is 16.1. The first-order valence-electron chi connectivity index (χ1n) is 8.01. The lowest BCUT2D eigenvalue weighted by atomic mass is 10.0. The standard InChI is InChI=1S/C16H22N6O2/c1-21-8-5-17-13(16(21)23)10-22-6-3-12(4-7-22)20-14-9-15(24-2)19-11-18-14/h5,8-9,11-12H,3-4,6-7,10H2,1-2H3,(H,18,19,20). The van der Waals surface area contributed by atoms with Crippen LogP contribution in [0, 0.1) is 0 Å². The predicted octanol–water partition coefficient (Wildman–Crippen LogP) is 0.655. The highest BCUT2D eigenvalue weighted by Crippen LogP contribution is 2.17. The Labute approximate surface area is 140 Å². The summed E-state index contributed by atoms with van der Waals surface area (Å²) in [5, 5.41) is 3.42. The topological polar surface area (TPSA) is 85.2 Å². The summed E-state index contributed by atoms with van der Waals surface area (Å²) in [4.78, 5) is 26.8. The summed E-state index contributed by atoms with van der Waals surface area (Å²) < 4.78 is 6.68. The molecule has 1 fully saturated rings. The van der Waals surface area contributed by atoms with Gasteiger partial charge in [-0.1, -0.05) is 0 Å². The molecule has 1 aliphatic heterocycles. The smallest absolute Gasteiger partial charge is 0.273 e. The number of anilines is 1. The zero-order valence-corrected chi connectivity index (χ0v) is 14.0. The van der Waals surface area contributed by atoms with Crippen LogP contribution in [0.15, 0.2) is 29.6 Å². The van der Waals surface area contributed by atoms with E-state index in [1.54, 1.807) is 37.2 Å². The summed E-state index contributed by atoms with van der Waals surface area (Å²) in [5.74, 6) is 1.33. The van der Waals surface area contributed by atoms with Crippen LogP contribution in [0.4, 0.5) is 5.82 Å². The third-order valence-corrected chi connectivity index (χ3v) is 4.25. The van der Waals surface area contributed by atoms with Crippen LogP contribution in [0.25, 0.3) is 0 Å². The molecule has 0 atom stereocenters. The van der Waals surface area contributed by atoms with Crippen molar-refractivity contribution in [3.63, 3.8) is 0 Å². The third kappa shape index (κ3) is 3.88. The number of aryl methyl sites for hydroxylation is 1. The molecule has 1 N–H and O–H groups in total. The second-order valence-electron chi connectivity index (χ2n) is 5.93. The van der Waals surface area contributed by atoms with Crippen molar-refractivity contribution >= 4 is 5.82 Å². The van der Waals surface area contributed by atoms with Gasteiger partial charge in [0.25, 0.3) is 5.56 Å². The maximum atomic E-state index is 12.0. The van der Waals surface area contributed by atoms with Crippen LogP contribution in [0.1, 0.15) is 18.5 Å². The molecule has 0 aliphatic carbocycles. The average Bonchev–Trinajstić information content (AvgIpc) is 2.61. The van der Waals surface area contributed by atoms with Crippen LogP contribution >= 0.6 is 0 Å². The quantitative estimate of drug-likeness (QED) is 0.862. The number of hydrogen-bond donors (Lipinski definition) is 1. The van der Waals surface area contributed by atoms with Gasteiger partial charge in [-0.2, -0.15) is 0 Å². The van der Waals surface area contributed by atoms with Crippen molar-refractivity contribution in [2.75, 3.05) is 25.5 Å². The zero-order chi connectivity index (χ0) is 16.9. The Balaban J connectivity index is 1.54. The van der Waals surface area contributed by atoms with Gasteiger partial charge in [0.15, 0.2) is 0 Å². The first-order chi connectivity index (χ1) is 11.7. The van der Waals surface area contributed by atoms with Gasteiger partial charge in [0.2, 0.25) is 5.88 Å². The van der Waals surface area contributed by atoms with Crippen molar-refractivity contribution in [2.24, 2.45) is 7.05 Å². The zero-order valence-electron chi connectivity index (χ0n) is 14.0. The Kier molecular flexibility index (Phi) is 5.05. The van der Waals surface area contributed by atoms with E-state index in [0.29, 0.717) is 24.2 Å². The molecule has 3 rings (SSSR count). The molecule has 2 aromatic heterocycles. The van der Waals surface area contributed by atoms with Crippen LogP contribution < -0.4 is 15.6 Å². The Morgan fingerprint density at radius 3 is 2.83 bits per heavy atom. The highest BCUT2D eigenvalue weighted by Gasteiger charge is 2.20. The number of nitrogens with one attached hydrogen (secondary N) is 1. The van der Waals surface area contributed by atoms with Crippen molar-refractivity contribution in [2.45, 2.75) is 25.4 Å². The Bertz CT molecular complexity index is 739. The predicted molar refractivity (Wildman–Crippen MR) is 90.0 cm³/mol. The summed E-state index contributed by atoms with van der Waals surface area (Å²) in [6, 6.07) is 2.15. The van der Waals surface area contributed by atoms with Crippen molar-refractivity contribution in [1.82, 2.24) is 24.4 Å². The van der Waals surface area contributed by atoms with E-state index in [9.17, 15) is 4.79 Å². The van der Waals surface area contributed by atoms with Crippen molar-refractivity contribution in [3.8, 4) is 5.88 Å². The molecule has 0 radical (unpaired) electrons. The van der Waals surface area contributed by atoms with Gasteiger partial charge in [-0.15, -0.1) is 0 Å². The molecule has 2 aromatic rings. The monoisotopic (exact) mass is 330 g/mol. The molecule has 24 heavy (non-hydrogen) atoms. The van der Waals surface area contributed by atoms with Crippen molar-refractivity contribution in [1.29, 1.82) is 0 Å². The van der Waals surface area contributed by atoms with Crippen molar-refractivity contribution in [3.05, 3.63) is 40.8 Å².